The second-order valence-corrected chi connectivity index (χ2v) is 10.2. The molecule has 0 amide bonds. The molecular weight excluding hydrogens is 476 g/mol. The van der Waals surface area contributed by atoms with Gasteiger partial charge in [0.25, 0.3) is 0 Å². The standard InChI is InChI=1S/C32H32N2O4/c1-2-23-10-6-7-13-25(23)20-33-16-18-34(19-17-33)32(30(35)26-14-8-9-15-27(26)31(32)36)29-22-37-21-28(38-29)24-11-4-3-5-12-24/h3-4,6-11,13-15,21-22H,2,5,12,16-20H2,1H3. The monoisotopic (exact) mass is 508 g/mol. The van der Waals surface area contributed by atoms with Gasteiger partial charge in [0.15, 0.2) is 23.1 Å². The van der Waals surface area contributed by atoms with E-state index in [1.54, 1.807) is 30.5 Å². The van der Waals surface area contributed by atoms with Crippen LogP contribution < -0.4 is 0 Å². The van der Waals surface area contributed by atoms with E-state index in [0.29, 0.717) is 30.0 Å². The second-order valence-electron chi connectivity index (χ2n) is 10.2. The molecule has 0 spiro atoms. The zero-order valence-corrected chi connectivity index (χ0v) is 21.7. The number of Topliss-reactive ketones (excluding diaryl/α,β-unsaturated/α-hetero) is 2. The first-order valence-corrected chi connectivity index (χ1v) is 13.5. The number of rotatable bonds is 6. The lowest BCUT2D eigenvalue weighted by Gasteiger charge is -2.44. The Kier molecular flexibility index (Phi) is 6.60. The Balaban J connectivity index is 1.30. The Morgan fingerprint density at radius 3 is 2.21 bits per heavy atom. The largest absolute Gasteiger partial charge is 0.465 e. The number of hydrogen-bond donors (Lipinski definition) is 0. The van der Waals surface area contributed by atoms with E-state index < -0.39 is 5.54 Å². The number of ketones is 2. The lowest BCUT2D eigenvalue weighted by Crippen LogP contribution is -2.63. The van der Waals surface area contributed by atoms with Crippen LogP contribution >= 0.6 is 0 Å². The second kappa shape index (κ2) is 10.2. The number of piperazine rings is 1. The van der Waals surface area contributed by atoms with Gasteiger partial charge in [-0.1, -0.05) is 73.7 Å². The molecule has 6 nitrogen and oxygen atoms in total. The van der Waals surface area contributed by atoms with Gasteiger partial charge in [0.1, 0.15) is 12.5 Å². The van der Waals surface area contributed by atoms with Gasteiger partial charge in [-0.2, -0.15) is 0 Å². The molecule has 2 aliphatic heterocycles. The number of aryl methyl sites for hydroxylation is 1. The van der Waals surface area contributed by atoms with Crippen LogP contribution in [0.1, 0.15) is 51.6 Å². The lowest BCUT2D eigenvalue weighted by molar-refractivity contribution is 0.0210. The molecule has 2 aromatic carbocycles. The molecule has 2 aliphatic carbocycles. The van der Waals surface area contributed by atoms with Crippen molar-refractivity contribution in [3.05, 3.63) is 119 Å². The third-order valence-corrected chi connectivity index (χ3v) is 8.07. The maximum Gasteiger partial charge on any atom is 0.210 e. The summed E-state index contributed by atoms with van der Waals surface area (Å²) in [5, 5.41) is 0. The van der Waals surface area contributed by atoms with Crippen molar-refractivity contribution in [2.45, 2.75) is 38.3 Å². The maximum absolute atomic E-state index is 14.2. The van der Waals surface area contributed by atoms with Crippen LogP contribution in [0.5, 0.6) is 0 Å². The van der Waals surface area contributed by atoms with Crippen LogP contribution in [0.2, 0.25) is 0 Å². The average Bonchev–Trinajstić information content (AvgIpc) is 3.21. The fourth-order valence-electron chi connectivity index (χ4n) is 6.01. The van der Waals surface area contributed by atoms with Gasteiger partial charge in [0, 0.05) is 43.9 Å². The van der Waals surface area contributed by atoms with Crippen molar-refractivity contribution in [3.63, 3.8) is 0 Å². The van der Waals surface area contributed by atoms with E-state index in [2.05, 4.69) is 42.2 Å². The smallest absolute Gasteiger partial charge is 0.210 e. The van der Waals surface area contributed by atoms with Gasteiger partial charge in [0.05, 0.1) is 0 Å². The highest BCUT2D eigenvalue weighted by Crippen LogP contribution is 2.43. The Morgan fingerprint density at radius 1 is 0.868 bits per heavy atom. The third kappa shape index (κ3) is 4.05. The summed E-state index contributed by atoms with van der Waals surface area (Å²) in [6, 6.07) is 15.6. The number of ether oxygens (including phenoxy) is 2. The molecule has 0 radical (unpaired) electrons. The lowest BCUT2D eigenvalue weighted by atomic mass is 9.87. The van der Waals surface area contributed by atoms with Crippen molar-refractivity contribution in [1.29, 1.82) is 0 Å². The van der Waals surface area contributed by atoms with Crippen LogP contribution in [-0.4, -0.2) is 53.1 Å². The summed E-state index contributed by atoms with van der Waals surface area (Å²) in [5.74, 6) is 0.326. The predicted octanol–water partition coefficient (Wildman–Crippen LogP) is 5.19. The molecule has 0 aromatic heterocycles. The summed E-state index contributed by atoms with van der Waals surface area (Å²) < 4.78 is 12.1. The van der Waals surface area contributed by atoms with Gasteiger partial charge < -0.3 is 9.47 Å². The first-order chi connectivity index (χ1) is 18.6. The average molecular weight is 509 g/mol. The van der Waals surface area contributed by atoms with Crippen LogP contribution in [0.4, 0.5) is 0 Å². The van der Waals surface area contributed by atoms with Gasteiger partial charge in [-0.15, -0.1) is 0 Å². The van der Waals surface area contributed by atoms with Gasteiger partial charge in [-0.25, -0.2) is 0 Å². The highest BCUT2D eigenvalue weighted by atomic mass is 16.5. The van der Waals surface area contributed by atoms with Crippen LogP contribution in [0.25, 0.3) is 0 Å². The first-order valence-electron chi connectivity index (χ1n) is 13.5. The minimum absolute atomic E-state index is 0.239. The number of allylic oxidation sites excluding steroid dienone is 4. The van der Waals surface area contributed by atoms with Crippen LogP contribution in [0.3, 0.4) is 0 Å². The number of carbonyl (C=O) groups is 2. The highest BCUT2D eigenvalue weighted by Gasteiger charge is 2.61. The van der Waals surface area contributed by atoms with E-state index in [1.165, 1.54) is 17.4 Å². The normalized spacial score (nSPS) is 21.2. The topological polar surface area (TPSA) is 59.1 Å². The number of carbonyl (C=O) groups excluding carboxylic acids is 2. The Morgan fingerprint density at radius 2 is 1.55 bits per heavy atom. The van der Waals surface area contributed by atoms with Gasteiger partial charge >= 0.3 is 0 Å². The minimum Gasteiger partial charge on any atom is -0.465 e. The van der Waals surface area contributed by atoms with Crippen molar-refractivity contribution in [3.8, 4) is 0 Å². The first kappa shape index (κ1) is 24.6. The minimum atomic E-state index is -1.57. The Bertz CT molecular complexity index is 1360. The molecule has 4 aliphatic rings. The molecule has 0 unspecified atom stereocenters. The Labute approximate surface area is 223 Å². The summed E-state index contributed by atoms with van der Waals surface area (Å²) in [6.07, 6.45) is 11.8. The van der Waals surface area contributed by atoms with Crippen LogP contribution in [-0.2, 0) is 22.4 Å². The molecule has 0 atom stereocenters. The summed E-state index contributed by atoms with van der Waals surface area (Å²) in [4.78, 5) is 32.7. The van der Waals surface area contributed by atoms with Crippen molar-refractivity contribution in [1.82, 2.24) is 9.80 Å². The number of hydrogen-bond acceptors (Lipinski definition) is 6. The van der Waals surface area contributed by atoms with Crippen molar-refractivity contribution in [2.75, 3.05) is 26.2 Å². The SMILES string of the molecule is CCc1ccccc1CN1CCN(C2(C3=COC=C(C4=CC=CCC4)O3)C(=O)c3ccccc3C2=O)CC1. The van der Waals surface area contributed by atoms with Gasteiger partial charge in [-0.05, 0) is 36.0 Å². The molecule has 38 heavy (non-hydrogen) atoms. The fraction of sp³-hybridized carbons (Fsp3) is 0.312. The molecule has 194 valence electrons. The van der Waals surface area contributed by atoms with Gasteiger partial charge in [0.2, 0.25) is 5.54 Å². The van der Waals surface area contributed by atoms with Crippen LogP contribution in [0, 0.1) is 0 Å². The van der Waals surface area contributed by atoms with Crippen molar-refractivity contribution in [2.24, 2.45) is 0 Å². The van der Waals surface area contributed by atoms with E-state index in [-0.39, 0.29) is 17.3 Å². The molecule has 1 fully saturated rings. The van der Waals surface area contributed by atoms with E-state index >= 15 is 0 Å². The summed E-state index contributed by atoms with van der Waals surface area (Å²) in [7, 11) is 0. The number of benzene rings is 2. The molecule has 0 bridgehead atoms. The van der Waals surface area contributed by atoms with Gasteiger partial charge in [-0.3, -0.25) is 19.4 Å². The summed E-state index contributed by atoms with van der Waals surface area (Å²) in [6.45, 7) is 5.63. The molecule has 0 N–H and O–H groups in total. The number of nitrogens with zero attached hydrogens (tertiary/aromatic N) is 2. The zero-order valence-electron chi connectivity index (χ0n) is 21.7. The van der Waals surface area contributed by atoms with E-state index in [9.17, 15) is 9.59 Å². The molecule has 1 saturated heterocycles. The van der Waals surface area contributed by atoms with Crippen molar-refractivity contribution < 1.29 is 19.1 Å². The van der Waals surface area contributed by atoms with E-state index in [1.807, 2.05) is 17.1 Å². The maximum atomic E-state index is 14.2. The molecule has 2 aromatic rings. The van der Waals surface area contributed by atoms with E-state index in [0.717, 1.165) is 44.5 Å². The number of fused-ring (bicyclic) bond motifs is 1. The molecule has 2 heterocycles. The quantitative estimate of drug-likeness (QED) is 0.501. The molecule has 0 saturated carbocycles. The summed E-state index contributed by atoms with van der Waals surface area (Å²) in [5.41, 5.74) is 2.99. The summed E-state index contributed by atoms with van der Waals surface area (Å²) >= 11 is 0. The Hall–Kier alpha value is -3.74. The van der Waals surface area contributed by atoms with E-state index in [4.69, 9.17) is 9.47 Å². The predicted molar refractivity (Wildman–Crippen MR) is 145 cm³/mol. The molecule has 6 heteroatoms. The van der Waals surface area contributed by atoms with Crippen LogP contribution in [0.15, 0.2) is 96.4 Å². The third-order valence-electron chi connectivity index (χ3n) is 8.07. The molecular formula is C32H32N2O4. The highest BCUT2D eigenvalue weighted by molar-refractivity contribution is 6.34. The zero-order chi connectivity index (χ0) is 26.1. The van der Waals surface area contributed by atoms with Crippen molar-refractivity contribution >= 4 is 11.6 Å². The molecule has 6 rings (SSSR count). The fourth-order valence-corrected chi connectivity index (χ4v) is 6.01.